The van der Waals surface area contributed by atoms with Crippen LogP contribution in [0.4, 0.5) is 0 Å². The monoisotopic (exact) mass is 256 g/mol. The Morgan fingerprint density at radius 1 is 1.59 bits per heavy atom. The third-order valence-corrected chi connectivity index (χ3v) is 3.95. The van der Waals surface area contributed by atoms with Crippen molar-refractivity contribution in [1.82, 2.24) is 10.3 Å². The Morgan fingerprint density at radius 3 is 3.00 bits per heavy atom. The number of carboxylic acid groups (broad SMARTS) is 1. The Morgan fingerprint density at radius 2 is 2.41 bits per heavy atom. The van der Waals surface area contributed by atoms with Gasteiger partial charge in [0.1, 0.15) is 0 Å². The van der Waals surface area contributed by atoms with Crippen LogP contribution in [0.2, 0.25) is 0 Å². The van der Waals surface area contributed by atoms with Crippen LogP contribution in [-0.2, 0) is 6.54 Å². The van der Waals surface area contributed by atoms with E-state index in [1.165, 1.54) is 0 Å². The van der Waals surface area contributed by atoms with E-state index >= 15 is 0 Å². The van der Waals surface area contributed by atoms with Gasteiger partial charge in [-0.3, -0.25) is 0 Å². The molecule has 17 heavy (non-hydrogen) atoms. The van der Waals surface area contributed by atoms with E-state index in [4.69, 9.17) is 5.11 Å². The molecule has 0 bridgehead atoms. The highest BCUT2D eigenvalue weighted by Crippen LogP contribution is 2.24. The second-order valence-corrected chi connectivity index (χ2v) is 5.20. The fourth-order valence-electron chi connectivity index (χ4n) is 2.13. The zero-order chi connectivity index (χ0) is 12.3. The van der Waals surface area contributed by atoms with Crippen LogP contribution in [0.15, 0.2) is 5.38 Å². The molecule has 5 nitrogen and oxygen atoms in total. The van der Waals surface area contributed by atoms with Gasteiger partial charge in [0.15, 0.2) is 0 Å². The standard InChI is InChI=1S/C11H16N2O3S/c14-9-3-1-2-7(9)4-12-5-8-6-17-10(13-8)11(15)16/h6-7,9,12,14H,1-5H2,(H,15,16). The number of hydrogen-bond acceptors (Lipinski definition) is 5. The molecule has 2 unspecified atom stereocenters. The van der Waals surface area contributed by atoms with Crippen molar-refractivity contribution in [1.29, 1.82) is 0 Å². The molecule has 1 fully saturated rings. The normalized spacial score (nSPS) is 24.1. The molecule has 1 aliphatic rings. The molecule has 1 aromatic rings. The van der Waals surface area contributed by atoms with Crippen molar-refractivity contribution < 1.29 is 15.0 Å². The summed E-state index contributed by atoms with van der Waals surface area (Å²) in [6.45, 7) is 1.33. The first kappa shape index (κ1) is 12.5. The SMILES string of the molecule is O=C(O)c1nc(CNCC2CCCC2O)cs1. The number of nitrogens with zero attached hydrogens (tertiary/aromatic N) is 1. The average Bonchev–Trinajstić information content (AvgIpc) is 2.89. The molecule has 2 atom stereocenters. The molecule has 94 valence electrons. The molecule has 0 radical (unpaired) electrons. The quantitative estimate of drug-likeness (QED) is 0.734. The molecule has 6 heteroatoms. The fraction of sp³-hybridized carbons (Fsp3) is 0.636. The lowest BCUT2D eigenvalue weighted by Gasteiger charge is -2.14. The second kappa shape index (κ2) is 5.57. The van der Waals surface area contributed by atoms with E-state index in [1.807, 2.05) is 0 Å². The summed E-state index contributed by atoms with van der Waals surface area (Å²) in [5, 5.41) is 23.5. The van der Waals surface area contributed by atoms with E-state index in [1.54, 1.807) is 5.38 Å². The molecule has 1 aromatic heterocycles. The predicted molar refractivity (Wildman–Crippen MR) is 64.1 cm³/mol. The Labute approximate surface area is 104 Å². The first-order valence-corrected chi connectivity index (χ1v) is 6.61. The van der Waals surface area contributed by atoms with E-state index in [9.17, 15) is 9.90 Å². The summed E-state index contributed by atoms with van der Waals surface area (Å²) in [7, 11) is 0. The molecule has 1 heterocycles. The maximum atomic E-state index is 10.6. The number of carboxylic acids is 1. The van der Waals surface area contributed by atoms with Crippen molar-refractivity contribution in [3.63, 3.8) is 0 Å². The summed E-state index contributed by atoms with van der Waals surface area (Å²) in [5.74, 6) is -0.653. The maximum absolute atomic E-state index is 10.6. The molecule has 2 rings (SSSR count). The number of thiazole rings is 1. The highest BCUT2D eigenvalue weighted by atomic mass is 32.1. The first-order valence-electron chi connectivity index (χ1n) is 5.73. The van der Waals surface area contributed by atoms with Gasteiger partial charge in [0.2, 0.25) is 5.01 Å². The second-order valence-electron chi connectivity index (χ2n) is 4.34. The van der Waals surface area contributed by atoms with Gasteiger partial charge in [-0.2, -0.15) is 0 Å². The third kappa shape index (κ3) is 3.24. The molecular formula is C11H16N2O3S. The number of aromatic carboxylic acids is 1. The van der Waals surface area contributed by atoms with Crippen molar-refractivity contribution in [2.45, 2.75) is 31.9 Å². The van der Waals surface area contributed by atoms with Crippen LogP contribution < -0.4 is 5.32 Å². The van der Waals surface area contributed by atoms with Crippen LogP contribution >= 0.6 is 11.3 Å². The van der Waals surface area contributed by atoms with E-state index in [-0.39, 0.29) is 11.1 Å². The minimum Gasteiger partial charge on any atom is -0.476 e. The van der Waals surface area contributed by atoms with Crippen LogP contribution in [-0.4, -0.2) is 33.8 Å². The van der Waals surface area contributed by atoms with Crippen LogP contribution in [0.25, 0.3) is 0 Å². The molecule has 0 saturated heterocycles. The summed E-state index contributed by atoms with van der Waals surface area (Å²) < 4.78 is 0. The third-order valence-electron chi connectivity index (χ3n) is 3.07. The average molecular weight is 256 g/mol. The fourth-order valence-corrected chi connectivity index (χ4v) is 2.78. The molecule has 1 aliphatic carbocycles. The number of aliphatic hydroxyl groups excluding tert-OH is 1. The van der Waals surface area contributed by atoms with Crippen molar-refractivity contribution in [3.05, 3.63) is 16.1 Å². The number of aliphatic hydroxyl groups is 1. The smallest absolute Gasteiger partial charge is 0.365 e. The number of hydrogen-bond donors (Lipinski definition) is 3. The van der Waals surface area contributed by atoms with Gasteiger partial charge in [0.05, 0.1) is 11.8 Å². The Bertz CT molecular complexity index is 394. The predicted octanol–water partition coefficient (Wildman–Crippen LogP) is 1.09. The minimum absolute atomic E-state index is 0.128. The Hall–Kier alpha value is -0.980. The molecule has 0 aliphatic heterocycles. The maximum Gasteiger partial charge on any atom is 0.365 e. The van der Waals surface area contributed by atoms with Crippen LogP contribution in [0, 0.1) is 5.92 Å². The zero-order valence-electron chi connectivity index (χ0n) is 9.43. The number of nitrogens with one attached hydrogen (secondary N) is 1. The van der Waals surface area contributed by atoms with Gasteiger partial charge in [-0.15, -0.1) is 11.3 Å². The minimum atomic E-state index is -0.979. The van der Waals surface area contributed by atoms with Crippen molar-refractivity contribution in [3.8, 4) is 0 Å². The number of carbonyl (C=O) groups is 1. The molecule has 0 amide bonds. The van der Waals surface area contributed by atoms with Gasteiger partial charge in [-0.1, -0.05) is 6.42 Å². The molecular weight excluding hydrogens is 240 g/mol. The first-order chi connectivity index (χ1) is 8.16. The van der Waals surface area contributed by atoms with Gasteiger partial charge < -0.3 is 15.5 Å². The van der Waals surface area contributed by atoms with Gasteiger partial charge in [-0.05, 0) is 18.8 Å². The summed E-state index contributed by atoms with van der Waals surface area (Å²) in [6.07, 6.45) is 2.86. The van der Waals surface area contributed by atoms with E-state index in [0.717, 1.165) is 42.8 Å². The molecule has 0 aromatic carbocycles. The zero-order valence-corrected chi connectivity index (χ0v) is 10.2. The highest BCUT2D eigenvalue weighted by Gasteiger charge is 2.24. The van der Waals surface area contributed by atoms with Gasteiger partial charge in [-0.25, -0.2) is 9.78 Å². The summed E-state index contributed by atoms with van der Waals surface area (Å²) in [5.41, 5.74) is 0.750. The summed E-state index contributed by atoms with van der Waals surface area (Å²) >= 11 is 1.14. The van der Waals surface area contributed by atoms with E-state index in [0.29, 0.717) is 12.5 Å². The molecule has 3 N–H and O–H groups in total. The summed E-state index contributed by atoms with van der Waals surface area (Å²) in [4.78, 5) is 14.6. The molecule has 0 spiro atoms. The van der Waals surface area contributed by atoms with E-state index < -0.39 is 5.97 Å². The molecule has 1 saturated carbocycles. The van der Waals surface area contributed by atoms with Crippen molar-refractivity contribution in [2.75, 3.05) is 6.54 Å². The lowest BCUT2D eigenvalue weighted by atomic mass is 10.1. The van der Waals surface area contributed by atoms with Crippen LogP contribution in [0.5, 0.6) is 0 Å². The highest BCUT2D eigenvalue weighted by molar-refractivity contribution is 7.11. The lowest BCUT2D eigenvalue weighted by molar-refractivity contribution is 0.0696. The lowest BCUT2D eigenvalue weighted by Crippen LogP contribution is -2.27. The number of aromatic nitrogens is 1. The van der Waals surface area contributed by atoms with E-state index in [2.05, 4.69) is 10.3 Å². The Kier molecular flexibility index (Phi) is 4.09. The van der Waals surface area contributed by atoms with Crippen molar-refractivity contribution in [2.24, 2.45) is 5.92 Å². The van der Waals surface area contributed by atoms with Gasteiger partial charge in [0, 0.05) is 18.5 Å². The van der Waals surface area contributed by atoms with Crippen LogP contribution in [0.3, 0.4) is 0 Å². The van der Waals surface area contributed by atoms with Gasteiger partial charge in [0.25, 0.3) is 0 Å². The summed E-state index contributed by atoms with van der Waals surface area (Å²) in [6, 6.07) is 0. The van der Waals surface area contributed by atoms with Crippen molar-refractivity contribution >= 4 is 17.3 Å². The Balaban J connectivity index is 1.76. The largest absolute Gasteiger partial charge is 0.476 e. The topological polar surface area (TPSA) is 82.5 Å². The van der Waals surface area contributed by atoms with Crippen LogP contribution in [0.1, 0.15) is 34.8 Å². The van der Waals surface area contributed by atoms with Gasteiger partial charge >= 0.3 is 5.97 Å². The number of rotatable bonds is 5.